The van der Waals surface area contributed by atoms with E-state index in [9.17, 15) is 4.79 Å². The summed E-state index contributed by atoms with van der Waals surface area (Å²) >= 11 is 0. The molecule has 1 aliphatic heterocycles. The van der Waals surface area contributed by atoms with E-state index in [1.165, 1.54) is 5.56 Å². The number of carbonyl (C=O) groups excluding carboxylic acids is 1. The zero-order valence-corrected chi connectivity index (χ0v) is 16.0. The topological polar surface area (TPSA) is 76.2 Å². The first kappa shape index (κ1) is 18.1. The fraction of sp³-hybridized carbons (Fsp3) is 0.273. The van der Waals surface area contributed by atoms with Gasteiger partial charge in [-0.1, -0.05) is 36.4 Å². The summed E-state index contributed by atoms with van der Waals surface area (Å²) in [4.78, 5) is 12.1. The minimum absolute atomic E-state index is 0.0360. The number of aromatic amines is 1. The lowest BCUT2D eigenvalue weighted by molar-refractivity contribution is -0.116. The number of hydrogen-bond acceptors (Lipinski definition) is 4. The van der Waals surface area contributed by atoms with Crippen molar-refractivity contribution in [3.05, 3.63) is 70.9 Å². The van der Waals surface area contributed by atoms with Gasteiger partial charge in [-0.15, -0.1) is 0 Å². The Balaban J connectivity index is 1.54. The molecule has 6 nitrogen and oxygen atoms in total. The highest BCUT2D eigenvalue weighted by atomic mass is 16.5. The second kappa shape index (κ2) is 7.76. The van der Waals surface area contributed by atoms with Gasteiger partial charge in [0.25, 0.3) is 0 Å². The summed E-state index contributed by atoms with van der Waals surface area (Å²) in [6.07, 6.45) is 1.21. The monoisotopic (exact) mass is 377 g/mol. The van der Waals surface area contributed by atoms with Gasteiger partial charge in [0.15, 0.2) is 17.3 Å². The zero-order valence-electron chi connectivity index (χ0n) is 16.0. The molecule has 0 saturated heterocycles. The van der Waals surface area contributed by atoms with Gasteiger partial charge in [-0.05, 0) is 30.2 Å². The maximum absolute atomic E-state index is 12.1. The summed E-state index contributed by atoms with van der Waals surface area (Å²) in [5.41, 5.74) is 4.23. The van der Waals surface area contributed by atoms with Crippen molar-refractivity contribution in [2.45, 2.75) is 25.7 Å². The summed E-state index contributed by atoms with van der Waals surface area (Å²) in [6, 6.07) is 16.1. The Morgan fingerprint density at radius 2 is 1.96 bits per heavy atom. The Bertz CT molecular complexity index is 982. The number of fused-ring (bicyclic) bond motifs is 1. The van der Waals surface area contributed by atoms with E-state index in [0.717, 1.165) is 23.2 Å². The van der Waals surface area contributed by atoms with Crippen LogP contribution in [0.3, 0.4) is 0 Å². The number of rotatable bonds is 6. The van der Waals surface area contributed by atoms with Gasteiger partial charge in [0.1, 0.15) is 0 Å². The van der Waals surface area contributed by atoms with Gasteiger partial charge in [-0.3, -0.25) is 9.89 Å². The Kier molecular flexibility index (Phi) is 5.02. The van der Waals surface area contributed by atoms with Crippen LogP contribution in [0.5, 0.6) is 11.5 Å². The minimum atomic E-state index is -0.0604. The molecule has 0 saturated carbocycles. The summed E-state index contributed by atoms with van der Waals surface area (Å²) in [5.74, 6) is 1.88. The van der Waals surface area contributed by atoms with Crippen LogP contribution in [-0.4, -0.2) is 29.8 Å². The Morgan fingerprint density at radius 3 is 2.75 bits per heavy atom. The summed E-state index contributed by atoms with van der Waals surface area (Å²) in [7, 11) is 1.63. The predicted molar refractivity (Wildman–Crippen MR) is 107 cm³/mol. The van der Waals surface area contributed by atoms with Crippen molar-refractivity contribution in [3.63, 3.8) is 0 Å². The molecule has 1 aromatic heterocycles. The average Bonchev–Trinajstić information content (AvgIpc) is 3.09. The Labute approximate surface area is 163 Å². The van der Waals surface area contributed by atoms with Crippen molar-refractivity contribution in [1.82, 2.24) is 10.2 Å². The number of ether oxygens (including phenoxy) is 2. The van der Waals surface area contributed by atoms with Crippen LogP contribution >= 0.6 is 0 Å². The molecule has 0 fully saturated rings. The SMILES string of the molecule is COc1cc(C2CC(=O)Nc3n[nH]c(C)c32)ccc1OCCc1ccccc1. The number of hydrogen-bond donors (Lipinski definition) is 2. The maximum atomic E-state index is 12.1. The highest BCUT2D eigenvalue weighted by Gasteiger charge is 2.30. The van der Waals surface area contributed by atoms with Crippen molar-refractivity contribution in [3.8, 4) is 11.5 Å². The third-order valence-corrected chi connectivity index (χ3v) is 5.07. The first-order valence-electron chi connectivity index (χ1n) is 9.35. The average molecular weight is 377 g/mol. The Hall–Kier alpha value is -3.28. The number of nitrogens with one attached hydrogen (secondary N) is 2. The summed E-state index contributed by atoms with van der Waals surface area (Å²) < 4.78 is 11.5. The second-order valence-electron chi connectivity index (χ2n) is 6.91. The predicted octanol–water partition coefficient (Wildman–Crippen LogP) is 3.82. The lowest BCUT2D eigenvalue weighted by Crippen LogP contribution is -2.23. The fourth-order valence-corrected chi connectivity index (χ4v) is 3.66. The van der Waals surface area contributed by atoms with Gasteiger partial charge in [-0.2, -0.15) is 5.10 Å². The normalized spacial score (nSPS) is 15.6. The van der Waals surface area contributed by atoms with E-state index in [2.05, 4.69) is 27.6 Å². The maximum Gasteiger partial charge on any atom is 0.226 e. The number of H-pyrrole nitrogens is 1. The number of benzene rings is 2. The van der Waals surface area contributed by atoms with Gasteiger partial charge in [-0.25, -0.2) is 0 Å². The van der Waals surface area contributed by atoms with Crippen LogP contribution in [0.25, 0.3) is 0 Å². The van der Waals surface area contributed by atoms with Gasteiger partial charge in [0.2, 0.25) is 5.91 Å². The molecule has 6 heteroatoms. The van der Waals surface area contributed by atoms with Gasteiger partial charge in [0.05, 0.1) is 13.7 Å². The number of carbonyl (C=O) groups is 1. The highest BCUT2D eigenvalue weighted by molar-refractivity contribution is 5.94. The number of nitrogens with zero attached hydrogens (tertiary/aromatic N) is 1. The van der Waals surface area contributed by atoms with Crippen molar-refractivity contribution in [1.29, 1.82) is 0 Å². The summed E-state index contributed by atoms with van der Waals surface area (Å²) in [5, 5.41) is 9.99. The van der Waals surface area contributed by atoms with Crippen LogP contribution in [0.4, 0.5) is 5.82 Å². The van der Waals surface area contributed by atoms with Crippen LogP contribution in [0.15, 0.2) is 48.5 Å². The molecular formula is C22H23N3O3. The van der Waals surface area contributed by atoms with E-state index in [1.807, 2.05) is 43.3 Å². The molecule has 0 spiro atoms. The summed E-state index contributed by atoms with van der Waals surface area (Å²) in [6.45, 7) is 2.53. The van der Waals surface area contributed by atoms with Crippen molar-refractivity contribution >= 4 is 11.7 Å². The lowest BCUT2D eigenvalue weighted by Gasteiger charge is -2.23. The first-order valence-corrected chi connectivity index (χ1v) is 9.35. The molecule has 144 valence electrons. The number of amides is 1. The minimum Gasteiger partial charge on any atom is -0.493 e. The van der Waals surface area contributed by atoms with Crippen LogP contribution in [0.1, 0.15) is 34.7 Å². The highest BCUT2D eigenvalue weighted by Crippen LogP contribution is 2.40. The molecule has 28 heavy (non-hydrogen) atoms. The van der Waals surface area contributed by atoms with E-state index >= 15 is 0 Å². The molecule has 4 rings (SSSR count). The first-order chi connectivity index (χ1) is 13.7. The van der Waals surface area contributed by atoms with Crippen LogP contribution in [-0.2, 0) is 11.2 Å². The van der Waals surface area contributed by atoms with Crippen LogP contribution in [0.2, 0.25) is 0 Å². The fourth-order valence-electron chi connectivity index (χ4n) is 3.66. The van der Waals surface area contributed by atoms with Crippen molar-refractivity contribution in [2.75, 3.05) is 19.0 Å². The molecular weight excluding hydrogens is 354 g/mol. The lowest BCUT2D eigenvalue weighted by atomic mass is 9.85. The van der Waals surface area contributed by atoms with E-state index in [1.54, 1.807) is 7.11 Å². The van der Waals surface area contributed by atoms with Gasteiger partial charge >= 0.3 is 0 Å². The molecule has 2 heterocycles. The molecule has 0 radical (unpaired) electrons. The van der Waals surface area contributed by atoms with E-state index in [0.29, 0.717) is 30.3 Å². The van der Waals surface area contributed by atoms with Gasteiger partial charge in [0, 0.05) is 30.0 Å². The standard InChI is InChI=1S/C22H23N3O3/c1-14-21-17(13-20(26)23-22(21)25-24-14)16-8-9-18(19(12-16)27-2)28-11-10-15-6-4-3-5-7-15/h3-9,12,17H,10-11,13H2,1-2H3,(H2,23,24,25,26). The Morgan fingerprint density at radius 1 is 1.14 bits per heavy atom. The quantitative estimate of drug-likeness (QED) is 0.685. The molecule has 2 aromatic carbocycles. The smallest absolute Gasteiger partial charge is 0.226 e. The van der Waals surface area contributed by atoms with Gasteiger partial charge < -0.3 is 14.8 Å². The number of aryl methyl sites for hydroxylation is 1. The molecule has 3 aromatic rings. The zero-order chi connectivity index (χ0) is 19.5. The second-order valence-corrected chi connectivity index (χ2v) is 6.91. The number of aromatic nitrogens is 2. The number of methoxy groups -OCH3 is 1. The van der Waals surface area contributed by atoms with E-state index in [-0.39, 0.29) is 11.8 Å². The van der Waals surface area contributed by atoms with Crippen LogP contribution in [0, 0.1) is 6.92 Å². The third-order valence-electron chi connectivity index (χ3n) is 5.07. The molecule has 1 aliphatic rings. The molecule has 0 bridgehead atoms. The third kappa shape index (κ3) is 3.58. The largest absolute Gasteiger partial charge is 0.493 e. The van der Waals surface area contributed by atoms with E-state index in [4.69, 9.17) is 9.47 Å². The molecule has 1 unspecified atom stereocenters. The van der Waals surface area contributed by atoms with Crippen molar-refractivity contribution in [2.24, 2.45) is 0 Å². The number of anilines is 1. The molecule has 2 N–H and O–H groups in total. The molecule has 1 atom stereocenters. The van der Waals surface area contributed by atoms with E-state index < -0.39 is 0 Å². The molecule has 1 amide bonds. The van der Waals surface area contributed by atoms with Crippen molar-refractivity contribution < 1.29 is 14.3 Å². The molecule has 0 aliphatic carbocycles. The van der Waals surface area contributed by atoms with Crippen LogP contribution < -0.4 is 14.8 Å².